The van der Waals surface area contributed by atoms with Crippen LogP contribution >= 0.6 is 0 Å². The molecule has 2 aromatic carbocycles. The van der Waals surface area contributed by atoms with Crippen LogP contribution < -0.4 is 10.1 Å². The minimum atomic E-state index is -1.73. The molecule has 0 radical (unpaired) electrons. The number of nitrogens with one attached hydrogen (secondary N) is 1. The van der Waals surface area contributed by atoms with Gasteiger partial charge in [-0.15, -0.1) is 0 Å². The van der Waals surface area contributed by atoms with Crippen LogP contribution in [-0.4, -0.2) is 38.7 Å². The minimum absolute atomic E-state index is 0.0348. The van der Waals surface area contributed by atoms with Crippen molar-refractivity contribution >= 4 is 23.5 Å². The molecule has 0 fully saturated rings. The molecule has 0 saturated heterocycles. The van der Waals surface area contributed by atoms with Crippen LogP contribution in [0.2, 0.25) is 0 Å². The van der Waals surface area contributed by atoms with E-state index in [1.54, 1.807) is 0 Å². The van der Waals surface area contributed by atoms with E-state index in [9.17, 15) is 27.6 Å². The lowest BCUT2D eigenvalue weighted by Crippen LogP contribution is -2.21. The Balaban J connectivity index is 2.14. The number of hydrogen-bond acceptors (Lipinski definition) is 6. The summed E-state index contributed by atoms with van der Waals surface area (Å²) in [5.74, 6) is -7.16. The predicted molar refractivity (Wildman–Crippen MR) is 89.6 cm³/mol. The number of benzene rings is 2. The molecule has 0 aromatic heterocycles. The van der Waals surface area contributed by atoms with Gasteiger partial charge in [-0.3, -0.25) is 4.79 Å². The largest absolute Gasteiger partial charge is 0.484 e. The van der Waals surface area contributed by atoms with Crippen LogP contribution in [0.15, 0.2) is 30.3 Å². The standard InChI is InChI=1S/C18H14F3NO6/c1-26-17(24)9-5-10(18(25)27-2)7-11(6-9)28-8-14(23)22-13-4-3-12(19)15(20)16(13)21/h3-7H,8H2,1-2H3,(H,22,23). The maximum Gasteiger partial charge on any atom is 0.338 e. The number of halogens is 3. The molecule has 2 aromatic rings. The van der Waals surface area contributed by atoms with Crippen LogP contribution in [0.25, 0.3) is 0 Å². The molecule has 148 valence electrons. The quantitative estimate of drug-likeness (QED) is 0.595. The van der Waals surface area contributed by atoms with E-state index in [1.807, 2.05) is 5.32 Å². The third-order valence-electron chi connectivity index (χ3n) is 3.43. The molecule has 0 saturated carbocycles. The van der Waals surface area contributed by atoms with Gasteiger partial charge >= 0.3 is 11.9 Å². The average Bonchev–Trinajstić information content (AvgIpc) is 2.71. The molecule has 7 nitrogen and oxygen atoms in total. The zero-order valence-electron chi connectivity index (χ0n) is 14.7. The molecule has 0 atom stereocenters. The fourth-order valence-corrected chi connectivity index (χ4v) is 2.11. The van der Waals surface area contributed by atoms with Crippen LogP contribution in [0.5, 0.6) is 5.75 Å². The fourth-order valence-electron chi connectivity index (χ4n) is 2.11. The second kappa shape index (κ2) is 8.89. The summed E-state index contributed by atoms with van der Waals surface area (Å²) in [7, 11) is 2.27. The lowest BCUT2D eigenvalue weighted by molar-refractivity contribution is -0.118. The van der Waals surface area contributed by atoms with Crippen molar-refractivity contribution in [2.45, 2.75) is 0 Å². The molecule has 28 heavy (non-hydrogen) atoms. The summed E-state index contributed by atoms with van der Waals surface area (Å²) in [4.78, 5) is 35.3. The zero-order chi connectivity index (χ0) is 20.8. The summed E-state index contributed by atoms with van der Waals surface area (Å²) in [5, 5.41) is 2.02. The first kappa shape index (κ1) is 20.7. The van der Waals surface area contributed by atoms with E-state index in [0.29, 0.717) is 6.07 Å². The topological polar surface area (TPSA) is 90.9 Å². The van der Waals surface area contributed by atoms with Gasteiger partial charge < -0.3 is 19.5 Å². The number of ether oxygens (including phenoxy) is 3. The van der Waals surface area contributed by atoms with E-state index in [4.69, 9.17) is 4.74 Å². The fraction of sp³-hybridized carbons (Fsp3) is 0.167. The smallest absolute Gasteiger partial charge is 0.338 e. The first-order chi connectivity index (χ1) is 13.3. The number of carbonyl (C=O) groups is 3. The second-order valence-corrected chi connectivity index (χ2v) is 5.29. The summed E-state index contributed by atoms with van der Waals surface area (Å²) >= 11 is 0. The van der Waals surface area contributed by atoms with Crippen LogP contribution in [0.3, 0.4) is 0 Å². The van der Waals surface area contributed by atoms with E-state index < -0.39 is 47.6 Å². The number of rotatable bonds is 6. The molecular formula is C18H14F3NO6. The van der Waals surface area contributed by atoms with Crippen LogP contribution in [-0.2, 0) is 14.3 Å². The van der Waals surface area contributed by atoms with Gasteiger partial charge in [0.05, 0.1) is 31.0 Å². The predicted octanol–water partition coefficient (Wildman–Crippen LogP) is 2.69. The van der Waals surface area contributed by atoms with Gasteiger partial charge in [-0.2, -0.15) is 0 Å². The molecule has 0 aliphatic carbocycles. The van der Waals surface area contributed by atoms with Crippen molar-refractivity contribution in [2.75, 3.05) is 26.1 Å². The first-order valence-corrected chi connectivity index (χ1v) is 7.64. The summed E-state index contributed by atoms with van der Waals surface area (Å²) in [6.45, 7) is -0.677. The van der Waals surface area contributed by atoms with E-state index in [2.05, 4.69) is 9.47 Å². The van der Waals surface area contributed by atoms with Gasteiger partial charge in [-0.05, 0) is 30.3 Å². The van der Waals surface area contributed by atoms with Gasteiger partial charge in [0.1, 0.15) is 5.75 Å². The molecule has 0 spiro atoms. The van der Waals surface area contributed by atoms with Crippen LogP contribution in [0, 0.1) is 17.5 Å². The molecule has 0 aliphatic heterocycles. The van der Waals surface area contributed by atoms with Crippen molar-refractivity contribution in [3.63, 3.8) is 0 Å². The molecule has 1 N–H and O–H groups in total. The zero-order valence-corrected chi connectivity index (χ0v) is 14.7. The molecule has 2 rings (SSSR count). The van der Waals surface area contributed by atoms with Gasteiger partial charge in [0.2, 0.25) is 0 Å². The summed E-state index contributed by atoms with van der Waals surface area (Å²) < 4.78 is 54.0. The maximum absolute atomic E-state index is 13.6. The molecule has 0 heterocycles. The van der Waals surface area contributed by atoms with Gasteiger partial charge in [0.15, 0.2) is 24.1 Å². The summed E-state index contributed by atoms with van der Waals surface area (Å²) in [6.07, 6.45) is 0. The second-order valence-electron chi connectivity index (χ2n) is 5.29. The number of carbonyl (C=O) groups excluding carboxylic acids is 3. The van der Waals surface area contributed by atoms with Crippen LogP contribution in [0.1, 0.15) is 20.7 Å². The average molecular weight is 397 g/mol. The van der Waals surface area contributed by atoms with Crippen molar-refractivity contribution in [3.8, 4) is 5.75 Å². The van der Waals surface area contributed by atoms with E-state index in [1.165, 1.54) is 18.2 Å². The van der Waals surface area contributed by atoms with Crippen molar-refractivity contribution in [1.82, 2.24) is 0 Å². The number of esters is 2. The molecule has 0 unspecified atom stereocenters. The lowest BCUT2D eigenvalue weighted by Gasteiger charge is -2.11. The Kier molecular flexibility index (Phi) is 6.59. The number of amides is 1. The molecule has 0 bridgehead atoms. The Hall–Kier alpha value is -3.56. The van der Waals surface area contributed by atoms with Crippen molar-refractivity contribution in [2.24, 2.45) is 0 Å². The Morgan fingerprint density at radius 3 is 2.00 bits per heavy atom. The SMILES string of the molecule is COC(=O)c1cc(OCC(=O)Nc2ccc(F)c(F)c2F)cc(C(=O)OC)c1. The third kappa shape index (κ3) is 4.78. The third-order valence-corrected chi connectivity index (χ3v) is 3.43. The summed E-state index contributed by atoms with van der Waals surface area (Å²) in [5.41, 5.74) is -0.647. The highest BCUT2D eigenvalue weighted by Gasteiger charge is 2.17. The molecule has 1 amide bonds. The molecular weight excluding hydrogens is 383 g/mol. The van der Waals surface area contributed by atoms with Gasteiger partial charge in [0, 0.05) is 0 Å². The Labute approximate surface area is 157 Å². The van der Waals surface area contributed by atoms with Gasteiger partial charge in [-0.1, -0.05) is 0 Å². The molecule has 0 aliphatic rings. The Morgan fingerprint density at radius 2 is 1.46 bits per heavy atom. The highest BCUT2D eigenvalue weighted by molar-refractivity contribution is 5.96. The monoisotopic (exact) mass is 397 g/mol. The number of anilines is 1. The van der Waals surface area contributed by atoms with E-state index in [-0.39, 0.29) is 16.9 Å². The Morgan fingerprint density at radius 1 is 0.893 bits per heavy atom. The van der Waals surface area contributed by atoms with Gasteiger partial charge in [0.25, 0.3) is 5.91 Å². The highest BCUT2D eigenvalue weighted by Crippen LogP contribution is 2.21. The maximum atomic E-state index is 13.6. The highest BCUT2D eigenvalue weighted by atomic mass is 19.2. The lowest BCUT2D eigenvalue weighted by atomic mass is 10.1. The van der Waals surface area contributed by atoms with Crippen molar-refractivity contribution < 1.29 is 41.8 Å². The first-order valence-electron chi connectivity index (χ1n) is 7.64. The van der Waals surface area contributed by atoms with Crippen molar-refractivity contribution in [1.29, 1.82) is 0 Å². The minimum Gasteiger partial charge on any atom is -0.484 e. The summed E-state index contributed by atoms with van der Waals surface area (Å²) in [6, 6.07) is 5.13. The van der Waals surface area contributed by atoms with E-state index in [0.717, 1.165) is 20.3 Å². The van der Waals surface area contributed by atoms with Crippen molar-refractivity contribution in [3.05, 3.63) is 58.9 Å². The number of methoxy groups -OCH3 is 2. The van der Waals surface area contributed by atoms with E-state index >= 15 is 0 Å². The Bertz CT molecular complexity index is 898. The molecule has 10 heteroatoms. The van der Waals surface area contributed by atoms with Gasteiger partial charge in [-0.25, -0.2) is 22.8 Å². The number of hydrogen-bond donors (Lipinski definition) is 1. The van der Waals surface area contributed by atoms with Crippen LogP contribution in [0.4, 0.5) is 18.9 Å². The normalized spacial score (nSPS) is 10.2.